The minimum Gasteiger partial charge on any atom is -0.360 e. The Hall–Kier alpha value is -3.53. The van der Waals surface area contributed by atoms with Crippen molar-refractivity contribution in [1.82, 2.24) is 0 Å². The van der Waals surface area contributed by atoms with E-state index in [2.05, 4.69) is 10.6 Å². The lowest BCUT2D eigenvalue weighted by atomic mass is 10.2. The number of nitriles is 2. The number of hydrogen-bond acceptors (Lipinski definition) is 7. The molecule has 0 unspecified atom stereocenters. The Balaban J connectivity index is 2.10. The van der Waals surface area contributed by atoms with Crippen LogP contribution in [0.4, 0.5) is 17.1 Å². The Labute approximate surface area is 163 Å². The van der Waals surface area contributed by atoms with Gasteiger partial charge in [0, 0.05) is 28.5 Å². The average Bonchev–Trinajstić information content (AvgIpc) is 2.65. The lowest BCUT2D eigenvalue weighted by Gasteiger charge is -2.06. The number of thiocyanates is 1. The molecule has 0 aliphatic rings. The molecule has 0 saturated heterocycles. The SMILES string of the molecule is N#CSc1ccc(N/C=C(/C#N)C(=O)Nc2ccc(Cl)c([N+](=O)[O-])c2)cc1. The molecule has 0 radical (unpaired) electrons. The van der Waals surface area contributed by atoms with E-state index in [4.69, 9.17) is 22.1 Å². The molecule has 0 heterocycles. The van der Waals surface area contributed by atoms with Crippen LogP contribution in [0.25, 0.3) is 0 Å². The van der Waals surface area contributed by atoms with Gasteiger partial charge in [-0.25, -0.2) is 0 Å². The number of halogens is 1. The predicted octanol–water partition coefficient (Wildman–Crippen LogP) is 4.28. The zero-order valence-corrected chi connectivity index (χ0v) is 15.0. The quantitative estimate of drug-likeness (QED) is 0.185. The highest BCUT2D eigenvalue weighted by Crippen LogP contribution is 2.27. The highest BCUT2D eigenvalue weighted by Gasteiger charge is 2.15. The van der Waals surface area contributed by atoms with E-state index in [1.54, 1.807) is 30.3 Å². The molecule has 0 aromatic heterocycles. The minimum absolute atomic E-state index is 0.0614. The van der Waals surface area contributed by atoms with Gasteiger partial charge in [0.2, 0.25) is 0 Å². The van der Waals surface area contributed by atoms with Gasteiger partial charge in [0.1, 0.15) is 22.1 Å². The first-order valence-corrected chi connectivity index (χ1v) is 8.42. The first-order valence-electron chi connectivity index (χ1n) is 7.22. The maximum atomic E-state index is 12.2. The van der Waals surface area contributed by atoms with Crippen LogP contribution in [-0.4, -0.2) is 10.8 Å². The van der Waals surface area contributed by atoms with Gasteiger partial charge in [-0.1, -0.05) is 11.6 Å². The van der Waals surface area contributed by atoms with Crippen LogP contribution in [0.3, 0.4) is 0 Å². The summed E-state index contributed by atoms with van der Waals surface area (Å²) in [6.45, 7) is 0. The Kier molecular flexibility index (Phi) is 6.78. The molecule has 2 N–H and O–H groups in total. The lowest BCUT2D eigenvalue weighted by Crippen LogP contribution is -2.14. The molecule has 27 heavy (non-hydrogen) atoms. The van der Waals surface area contributed by atoms with Crippen LogP contribution in [0, 0.1) is 32.1 Å². The molecule has 0 bridgehead atoms. The fraction of sp³-hybridized carbons (Fsp3) is 0. The second kappa shape index (κ2) is 9.25. The number of nitrogens with one attached hydrogen (secondary N) is 2. The maximum absolute atomic E-state index is 12.2. The molecular weight excluding hydrogens is 390 g/mol. The van der Waals surface area contributed by atoms with Crippen LogP contribution in [0.5, 0.6) is 0 Å². The molecule has 0 aliphatic heterocycles. The van der Waals surface area contributed by atoms with Crippen molar-refractivity contribution in [2.75, 3.05) is 10.6 Å². The van der Waals surface area contributed by atoms with Crippen molar-refractivity contribution < 1.29 is 9.72 Å². The van der Waals surface area contributed by atoms with Gasteiger partial charge in [0.15, 0.2) is 0 Å². The summed E-state index contributed by atoms with van der Waals surface area (Å²) in [4.78, 5) is 23.2. The summed E-state index contributed by atoms with van der Waals surface area (Å²) >= 11 is 6.73. The molecule has 0 atom stereocenters. The largest absolute Gasteiger partial charge is 0.360 e. The van der Waals surface area contributed by atoms with Crippen molar-refractivity contribution >= 4 is 46.3 Å². The zero-order valence-electron chi connectivity index (χ0n) is 13.5. The number of hydrogen-bond donors (Lipinski definition) is 2. The summed E-state index contributed by atoms with van der Waals surface area (Å²) in [7, 11) is 0. The third-order valence-corrected chi connectivity index (χ3v) is 4.09. The molecule has 134 valence electrons. The van der Waals surface area contributed by atoms with Gasteiger partial charge in [-0.15, -0.1) is 0 Å². The number of nitrogens with zero attached hydrogens (tertiary/aromatic N) is 3. The number of carbonyl (C=O) groups excluding carboxylic acids is 1. The van der Waals surface area contributed by atoms with Gasteiger partial charge in [-0.3, -0.25) is 14.9 Å². The number of nitro benzene ring substituents is 1. The van der Waals surface area contributed by atoms with Gasteiger partial charge >= 0.3 is 0 Å². The molecule has 0 fully saturated rings. The molecular formula is C17H10ClN5O3S. The van der Waals surface area contributed by atoms with E-state index >= 15 is 0 Å². The summed E-state index contributed by atoms with van der Waals surface area (Å²) in [6.07, 6.45) is 1.21. The summed E-state index contributed by atoms with van der Waals surface area (Å²) in [5.41, 5.74) is 0.156. The van der Waals surface area contributed by atoms with Crippen LogP contribution in [0.15, 0.2) is 59.1 Å². The molecule has 2 rings (SSSR count). The van der Waals surface area contributed by atoms with Gasteiger partial charge in [0.25, 0.3) is 11.6 Å². The minimum atomic E-state index is -0.738. The van der Waals surface area contributed by atoms with Crippen molar-refractivity contribution in [3.05, 3.63) is 69.4 Å². The van der Waals surface area contributed by atoms with E-state index in [-0.39, 0.29) is 22.0 Å². The number of nitro groups is 1. The van der Waals surface area contributed by atoms with Gasteiger partial charge in [-0.2, -0.15) is 10.5 Å². The lowest BCUT2D eigenvalue weighted by molar-refractivity contribution is -0.384. The Morgan fingerprint density at radius 3 is 2.44 bits per heavy atom. The van der Waals surface area contributed by atoms with Crippen LogP contribution >= 0.6 is 23.4 Å². The van der Waals surface area contributed by atoms with Crippen LogP contribution in [-0.2, 0) is 4.79 Å². The van der Waals surface area contributed by atoms with Crippen molar-refractivity contribution in [3.8, 4) is 11.5 Å². The van der Waals surface area contributed by atoms with Crippen LogP contribution in [0.2, 0.25) is 5.02 Å². The number of amides is 1. The molecule has 1 amide bonds. The third-order valence-electron chi connectivity index (χ3n) is 3.17. The Morgan fingerprint density at radius 2 is 1.85 bits per heavy atom. The van der Waals surface area contributed by atoms with Gasteiger partial charge in [-0.05, 0) is 48.2 Å². The molecule has 10 heteroatoms. The zero-order chi connectivity index (χ0) is 19.8. The van der Waals surface area contributed by atoms with Crippen LogP contribution in [0.1, 0.15) is 0 Å². The number of thioether (sulfide) groups is 1. The second-order valence-corrected chi connectivity index (χ2v) is 6.17. The summed E-state index contributed by atoms with van der Waals surface area (Å²) in [5.74, 6) is -0.738. The smallest absolute Gasteiger partial charge is 0.289 e. The van der Waals surface area contributed by atoms with E-state index in [0.29, 0.717) is 5.69 Å². The number of benzene rings is 2. The Bertz CT molecular complexity index is 993. The van der Waals surface area contributed by atoms with E-state index in [1.165, 1.54) is 18.3 Å². The summed E-state index contributed by atoms with van der Waals surface area (Å²) in [6, 6.07) is 12.3. The van der Waals surface area contributed by atoms with Crippen molar-refractivity contribution in [2.45, 2.75) is 4.90 Å². The van der Waals surface area contributed by atoms with E-state index < -0.39 is 10.8 Å². The highest BCUT2D eigenvalue weighted by molar-refractivity contribution is 8.03. The van der Waals surface area contributed by atoms with Crippen LogP contribution < -0.4 is 10.6 Å². The first kappa shape index (κ1) is 19.8. The second-order valence-electron chi connectivity index (χ2n) is 4.91. The van der Waals surface area contributed by atoms with Crippen molar-refractivity contribution in [1.29, 1.82) is 10.5 Å². The first-order chi connectivity index (χ1) is 12.9. The van der Waals surface area contributed by atoms with Gasteiger partial charge in [0.05, 0.1) is 4.92 Å². The molecule has 2 aromatic rings. The van der Waals surface area contributed by atoms with Gasteiger partial charge < -0.3 is 10.6 Å². The third kappa shape index (κ3) is 5.47. The van der Waals surface area contributed by atoms with E-state index in [1.807, 2.05) is 5.40 Å². The molecule has 8 nitrogen and oxygen atoms in total. The molecule has 0 aliphatic carbocycles. The average molecular weight is 400 g/mol. The Morgan fingerprint density at radius 1 is 1.19 bits per heavy atom. The number of rotatable bonds is 6. The predicted molar refractivity (Wildman–Crippen MR) is 102 cm³/mol. The monoisotopic (exact) mass is 399 g/mol. The fourth-order valence-electron chi connectivity index (χ4n) is 1.90. The summed E-state index contributed by atoms with van der Waals surface area (Å²) < 4.78 is 0. The summed E-state index contributed by atoms with van der Waals surface area (Å²) in [5, 5.41) is 35.8. The fourth-order valence-corrected chi connectivity index (χ4v) is 2.47. The molecule has 0 spiro atoms. The van der Waals surface area contributed by atoms with E-state index in [9.17, 15) is 14.9 Å². The standard InChI is InChI=1S/C17H10ClN5O3S/c18-15-6-3-13(7-16(15)23(25)26)22-17(24)11(8-19)9-21-12-1-4-14(5-2-12)27-10-20/h1-7,9,21H,(H,22,24)/b11-9-. The number of carbonyl (C=O) groups is 1. The van der Waals surface area contributed by atoms with Crippen molar-refractivity contribution in [3.63, 3.8) is 0 Å². The normalized spacial score (nSPS) is 10.4. The van der Waals surface area contributed by atoms with E-state index in [0.717, 1.165) is 22.7 Å². The number of anilines is 2. The topological polar surface area (TPSA) is 132 Å². The molecule has 2 aromatic carbocycles. The maximum Gasteiger partial charge on any atom is 0.289 e. The highest BCUT2D eigenvalue weighted by atomic mass is 35.5. The molecule has 0 saturated carbocycles. The van der Waals surface area contributed by atoms with Crippen molar-refractivity contribution in [2.24, 2.45) is 0 Å².